The molecule has 0 radical (unpaired) electrons. The zero-order valence-electron chi connectivity index (χ0n) is 11.0. The van der Waals surface area contributed by atoms with Gasteiger partial charge < -0.3 is 4.57 Å². The van der Waals surface area contributed by atoms with Gasteiger partial charge in [-0.05, 0) is 24.6 Å². The van der Waals surface area contributed by atoms with Crippen molar-refractivity contribution in [3.8, 4) is 6.07 Å². The lowest BCUT2D eigenvalue weighted by Crippen LogP contribution is -2.22. The van der Waals surface area contributed by atoms with E-state index in [1.807, 2.05) is 6.07 Å². The molecular weight excluding hydrogens is 338 g/mol. The second-order valence-electron chi connectivity index (χ2n) is 4.49. The molecule has 0 saturated heterocycles. The Morgan fingerprint density at radius 1 is 1.43 bits per heavy atom. The van der Waals surface area contributed by atoms with Crippen molar-refractivity contribution < 1.29 is 4.92 Å². The third kappa shape index (κ3) is 3.17. The van der Waals surface area contributed by atoms with E-state index in [1.165, 1.54) is 16.8 Å². The maximum atomic E-state index is 12.1. The first-order chi connectivity index (χ1) is 9.92. The summed E-state index contributed by atoms with van der Waals surface area (Å²) in [7, 11) is 0. The molecule has 2 aromatic rings. The molecule has 0 unspecified atom stereocenters. The highest BCUT2D eigenvalue weighted by molar-refractivity contribution is 9.10. The highest BCUT2D eigenvalue weighted by atomic mass is 79.9. The lowest BCUT2D eigenvalue weighted by atomic mass is 10.1. The molecule has 0 atom stereocenters. The molecule has 0 bridgehead atoms. The Bertz CT molecular complexity index is 821. The Morgan fingerprint density at radius 3 is 2.71 bits per heavy atom. The van der Waals surface area contributed by atoms with E-state index < -0.39 is 4.92 Å². The lowest BCUT2D eigenvalue weighted by Gasteiger charge is -2.09. The van der Waals surface area contributed by atoms with E-state index in [9.17, 15) is 14.9 Å². The number of halogens is 1. The van der Waals surface area contributed by atoms with Crippen LogP contribution in [0.1, 0.15) is 16.7 Å². The smallest absolute Gasteiger partial charge is 0.286 e. The van der Waals surface area contributed by atoms with Crippen LogP contribution in [0.4, 0.5) is 5.69 Å². The molecule has 0 N–H and O–H groups in total. The standard InChI is InChI=1S/C14H10BrN3O3/c1-9-4-12(18(20)21)8-17(14(9)19)7-11-3-2-10(6-16)5-13(11)15/h2-5,8H,7H2,1H3. The monoisotopic (exact) mass is 347 g/mol. The van der Waals surface area contributed by atoms with Gasteiger partial charge in [0.05, 0.1) is 29.3 Å². The number of hydrogen-bond acceptors (Lipinski definition) is 4. The summed E-state index contributed by atoms with van der Waals surface area (Å²) in [5, 5.41) is 19.7. The Kier molecular flexibility index (Phi) is 4.19. The fourth-order valence-corrected chi connectivity index (χ4v) is 2.42. The highest BCUT2D eigenvalue weighted by Crippen LogP contribution is 2.20. The number of nitrogens with zero attached hydrogens (tertiary/aromatic N) is 3. The number of rotatable bonds is 3. The molecule has 6 nitrogen and oxygen atoms in total. The van der Waals surface area contributed by atoms with Crippen molar-refractivity contribution in [2.75, 3.05) is 0 Å². The molecule has 106 valence electrons. The van der Waals surface area contributed by atoms with Crippen molar-refractivity contribution >= 4 is 21.6 Å². The Hall–Kier alpha value is -2.46. The van der Waals surface area contributed by atoms with Gasteiger partial charge in [-0.2, -0.15) is 5.26 Å². The van der Waals surface area contributed by atoms with E-state index in [4.69, 9.17) is 5.26 Å². The lowest BCUT2D eigenvalue weighted by molar-refractivity contribution is -0.385. The van der Waals surface area contributed by atoms with Gasteiger partial charge in [0.15, 0.2) is 0 Å². The first-order valence-corrected chi connectivity index (χ1v) is 6.75. The van der Waals surface area contributed by atoms with Crippen molar-refractivity contribution in [1.29, 1.82) is 5.26 Å². The Morgan fingerprint density at radius 2 is 2.14 bits per heavy atom. The summed E-state index contributed by atoms with van der Waals surface area (Å²) in [4.78, 5) is 22.4. The SMILES string of the molecule is Cc1cc([N+](=O)[O-])cn(Cc2ccc(C#N)cc2Br)c1=O. The van der Waals surface area contributed by atoms with Crippen LogP contribution in [0.5, 0.6) is 0 Å². The largest absolute Gasteiger partial charge is 0.304 e. The summed E-state index contributed by atoms with van der Waals surface area (Å²) in [6, 6.07) is 8.26. The summed E-state index contributed by atoms with van der Waals surface area (Å²) < 4.78 is 1.97. The fraction of sp³-hybridized carbons (Fsp3) is 0.143. The van der Waals surface area contributed by atoms with Crippen LogP contribution in [0.15, 0.2) is 39.7 Å². The van der Waals surface area contributed by atoms with Crippen molar-refractivity contribution in [1.82, 2.24) is 4.57 Å². The van der Waals surface area contributed by atoms with Gasteiger partial charge in [-0.1, -0.05) is 22.0 Å². The molecule has 1 heterocycles. The molecule has 1 aromatic heterocycles. The van der Waals surface area contributed by atoms with Gasteiger partial charge in [-0.15, -0.1) is 0 Å². The van der Waals surface area contributed by atoms with Gasteiger partial charge in [-0.3, -0.25) is 14.9 Å². The van der Waals surface area contributed by atoms with Crippen LogP contribution in [0, 0.1) is 28.4 Å². The van der Waals surface area contributed by atoms with E-state index in [-0.39, 0.29) is 17.8 Å². The number of aromatic nitrogens is 1. The van der Waals surface area contributed by atoms with Crippen molar-refractivity contribution in [3.63, 3.8) is 0 Å². The van der Waals surface area contributed by atoms with E-state index in [0.29, 0.717) is 15.6 Å². The first kappa shape index (κ1) is 14.9. The third-order valence-electron chi connectivity index (χ3n) is 2.98. The molecule has 1 aromatic carbocycles. The van der Waals surface area contributed by atoms with Crippen molar-refractivity contribution in [3.05, 3.63) is 72.1 Å². The van der Waals surface area contributed by atoms with Crippen molar-refractivity contribution in [2.45, 2.75) is 13.5 Å². The van der Waals surface area contributed by atoms with E-state index in [1.54, 1.807) is 25.1 Å². The highest BCUT2D eigenvalue weighted by Gasteiger charge is 2.12. The van der Waals surface area contributed by atoms with Crippen LogP contribution < -0.4 is 5.56 Å². The maximum absolute atomic E-state index is 12.1. The first-order valence-electron chi connectivity index (χ1n) is 5.96. The second kappa shape index (κ2) is 5.89. The number of aryl methyl sites for hydroxylation is 1. The Balaban J connectivity index is 2.47. The second-order valence-corrected chi connectivity index (χ2v) is 5.34. The molecular formula is C14H10BrN3O3. The number of pyridine rings is 1. The summed E-state index contributed by atoms with van der Waals surface area (Å²) in [5.74, 6) is 0. The normalized spacial score (nSPS) is 10.1. The molecule has 0 spiro atoms. The molecule has 7 heteroatoms. The zero-order chi connectivity index (χ0) is 15.6. The van der Waals surface area contributed by atoms with Crippen LogP contribution in [0.2, 0.25) is 0 Å². The summed E-state index contributed by atoms with van der Waals surface area (Å²) in [5.41, 5.74) is 1.16. The third-order valence-corrected chi connectivity index (χ3v) is 3.72. The summed E-state index contributed by atoms with van der Waals surface area (Å²) >= 11 is 3.34. The van der Waals surface area contributed by atoms with Gasteiger partial charge in [0.25, 0.3) is 11.2 Å². The van der Waals surface area contributed by atoms with Gasteiger partial charge >= 0.3 is 0 Å². The van der Waals surface area contributed by atoms with E-state index >= 15 is 0 Å². The number of nitriles is 1. The Labute approximate surface area is 128 Å². The number of nitro groups is 1. The molecule has 21 heavy (non-hydrogen) atoms. The van der Waals surface area contributed by atoms with Crippen LogP contribution in [-0.4, -0.2) is 9.49 Å². The molecule has 0 aliphatic heterocycles. The van der Waals surface area contributed by atoms with E-state index in [2.05, 4.69) is 15.9 Å². The van der Waals surface area contributed by atoms with Gasteiger partial charge in [0.1, 0.15) is 0 Å². The molecule has 0 aliphatic rings. The molecule has 0 amide bonds. The number of benzene rings is 1. The molecule has 2 rings (SSSR count). The minimum Gasteiger partial charge on any atom is -0.304 e. The molecule has 0 aliphatic carbocycles. The summed E-state index contributed by atoms with van der Waals surface area (Å²) in [6.07, 6.45) is 1.22. The van der Waals surface area contributed by atoms with Crippen molar-refractivity contribution in [2.24, 2.45) is 0 Å². The average molecular weight is 348 g/mol. The topological polar surface area (TPSA) is 88.9 Å². The van der Waals surface area contributed by atoms with Gasteiger partial charge in [-0.25, -0.2) is 0 Å². The van der Waals surface area contributed by atoms with Crippen LogP contribution >= 0.6 is 15.9 Å². The maximum Gasteiger partial charge on any atom is 0.286 e. The minimum atomic E-state index is -0.531. The van der Waals surface area contributed by atoms with Gasteiger partial charge in [0, 0.05) is 16.1 Å². The van der Waals surface area contributed by atoms with Gasteiger partial charge in [0.2, 0.25) is 0 Å². The average Bonchev–Trinajstić information content (AvgIpc) is 2.45. The number of hydrogen-bond donors (Lipinski definition) is 0. The summed E-state index contributed by atoms with van der Waals surface area (Å²) in [6.45, 7) is 1.73. The predicted octanol–water partition coefficient (Wildman–Crippen LogP) is 2.75. The predicted molar refractivity (Wildman–Crippen MR) is 80.1 cm³/mol. The quantitative estimate of drug-likeness (QED) is 0.630. The molecule has 0 fully saturated rings. The minimum absolute atomic E-state index is 0.128. The zero-order valence-corrected chi connectivity index (χ0v) is 12.6. The van der Waals surface area contributed by atoms with Crippen LogP contribution in [0.3, 0.4) is 0 Å². The van der Waals surface area contributed by atoms with Crippen LogP contribution in [-0.2, 0) is 6.54 Å². The molecule has 0 saturated carbocycles. The fourth-order valence-electron chi connectivity index (χ4n) is 1.91. The van der Waals surface area contributed by atoms with Crippen LogP contribution in [0.25, 0.3) is 0 Å². The van der Waals surface area contributed by atoms with E-state index in [0.717, 1.165) is 5.56 Å².